The van der Waals surface area contributed by atoms with E-state index in [-0.39, 0.29) is 0 Å². The minimum Gasteiger partial charge on any atom is -0.467 e. The van der Waals surface area contributed by atoms with Gasteiger partial charge in [0, 0.05) is 6.04 Å². The third kappa shape index (κ3) is 1.83. The summed E-state index contributed by atoms with van der Waals surface area (Å²) in [6, 6.07) is 0.563. The molecule has 1 saturated heterocycles. The van der Waals surface area contributed by atoms with Crippen molar-refractivity contribution in [2.45, 2.75) is 25.3 Å². The summed E-state index contributed by atoms with van der Waals surface area (Å²) in [5, 5.41) is 7.13. The van der Waals surface area contributed by atoms with E-state index in [0.717, 1.165) is 18.5 Å². The van der Waals surface area contributed by atoms with Crippen molar-refractivity contribution in [1.82, 2.24) is 10.5 Å². The van der Waals surface area contributed by atoms with Crippen molar-refractivity contribution >= 4 is 0 Å². The van der Waals surface area contributed by atoms with Gasteiger partial charge in [0.25, 0.3) is 0 Å². The molecule has 4 heteroatoms. The van der Waals surface area contributed by atoms with Gasteiger partial charge in [-0.15, -0.1) is 0 Å². The van der Waals surface area contributed by atoms with Gasteiger partial charge in [0.15, 0.2) is 0 Å². The van der Waals surface area contributed by atoms with Gasteiger partial charge in [-0.2, -0.15) is 0 Å². The molecule has 0 amide bonds. The Hall–Kier alpha value is -1.03. The van der Waals surface area contributed by atoms with E-state index < -0.39 is 0 Å². The van der Waals surface area contributed by atoms with Gasteiger partial charge < -0.3 is 14.6 Å². The van der Waals surface area contributed by atoms with Crippen LogP contribution in [0, 0.1) is 0 Å². The van der Waals surface area contributed by atoms with Crippen LogP contribution in [0.5, 0.6) is 5.95 Å². The lowest BCUT2D eigenvalue weighted by Gasteiger charge is -2.07. The number of hydrogen-bond donors (Lipinski definition) is 1. The van der Waals surface area contributed by atoms with Gasteiger partial charge in [-0.1, -0.05) is 5.16 Å². The number of hydrogen-bond acceptors (Lipinski definition) is 4. The van der Waals surface area contributed by atoms with Crippen LogP contribution in [0.3, 0.4) is 0 Å². The van der Waals surface area contributed by atoms with Crippen molar-refractivity contribution < 1.29 is 9.26 Å². The van der Waals surface area contributed by atoms with Crippen LogP contribution in [0.15, 0.2) is 10.7 Å². The Morgan fingerprint density at radius 1 is 1.77 bits per heavy atom. The van der Waals surface area contributed by atoms with E-state index in [1.807, 2.05) is 0 Å². The largest absolute Gasteiger partial charge is 0.467 e. The van der Waals surface area contributed by atoms with E-state index in [4.69, 9.17) is 9.26 Å². The fraction of sp³-hybridized carbons (Fsp3) is 0.667. The van der Waals surface area contributed by atoms with Crippen molar-refractivity contribution in [2.75, 3.05) is 13.7 Å². The van der Waals surface area contributed by atoms with Gasteiger partial charge in [0.2, 0.25) is 0 Å². The highest BCUT2D eigenvalue weighted by Crippen LogP contribution is 2.20. The fourth-order valence-electron chi connectivity index (χ4n) is 1.75. The summed E-state index contributed by atoms with van der Waals surface area (Å²) in [5.74, 6) is 0.550. The number of ether oxygens (including phenoxy) is 1. The van der Waals surface area contributed by atoms with Gasteiger partial charge in [-0.25, -0.2) is 0 Å². The average molecular weight is 182 g/mol. The lowest BCUT2D eigenvalue weighted by molar-refractivity contribution is 0.257. The number of aromatic nitrogens is 1. The number of methoxy groups -OCH3 is 1. The molecule has 1 aromatic rings. The van der Waals surface area contributed by atoms with Crippen LogP contribution in [0.25, 0.3) is 0 Å². The molecule has 4 nitrogen and oxygen atoms in total. The maximum Gasteiger partial charge on any atom is 0.314 e. The van der Waals surface area contributed by atoms with Crippen LogP contribution >= 0.6 is 0 Å². The molecule has 2 rings (SSSR count). The molecule has 1 N–H and O–H groups in total. The summed E-state index contributed by atoms with van der Waals surface area (Å²) in [5.41, 5.74) is 1.06. The Balaban J connectivity index is 1.99. The molecule has 1 fully saturated rings. The molecule has 0 aliphatic carbocycles. The maximum absolute atomic E-state index is 5.04. The molecular weight excluding hydrogens is 168 g/mol. The van der Waals surface area contributed by atoms with Gasteiger partial charge in [-0.05, 0) is 25.8 Å². The second-order valence-corrected chi connectivity index (χ2v) is 3.34. The molecule has 2 heterocycles. The summed E-state index contributed by atoms with van der Waals surface area (Å²) in [6.45, 7) is 1.12. The predicted molar refractivity (Wildman–Crippen MR) is 47.8 cm³/mol. The van der Waals surface area contributed by atoms with E-state index in [9.17, 15) is 0 Å². The molecule has 1 aliphatic heterocycles. The highest BCUT2D eigenvalue weighted by atomic mass is 16.6. The molecule has 1 unspecified atom stereocenters. The zero-order chi connectivity index (χ0) is 9.10. The average Bonchev–Trinajstić information content (AvgIpc) is 2.76. The summed E-state index contributed by atoms with van der Waals surface area (Å²) in [4.78, 5) is 0. The molecule has 0 aromatic carbocycles. The Labute approximate surface area is 77.2 Å². The lowest BCUT2D eigenvalue weighted by Crippen LogP contribution is -2.23. The van der Waals surface area contributed by atoms with Crippen molar-refractivity contribution in [1.29, 1.82) is 0 Å². The van der Waals surface area contributed by atoms with Crippen LogP contribution in [-0.2, 0) is 6.42 Å². The first kappa shape index (κ1) is 8.56. The molecule has 0 saturated carbocycles. The second kappa shape index (κ2) is 3.79. The van der Waals surface area contributed by atoms with Crippen LogP contribution < -0.4 is 10.1 Å². The van der Waals surface area contributed by atoms with Crippen molar-refractivity contribution in [3.8, 4) is 5.95 Å². The number of rotatable bonds is 3. The first-order valence-corrected chi connectivity index (χ1v) is 4.61. The molecular formula is C9H14N2O2. The highest BCUT2D eigenvalue weighted by Gasteiger charge is 2.18. The van der Waals surface area contributed by atoms with Gasteiger partial charge in [0.05, 0.1) is 18.9 Å². The minimum absolute atomic E-state index is 0.550. The monoisotopic (exact) mass is 182 g/mol. The lowest BCUT2D eigenvalue weighted by atomic mass is 10.1. The number of nitrogens with one attached hydrogen (secondary N) is 1. The third-order valence-corrected chi connectivity index (χ3v) is 2.42. The molecule has 1 aliphatic rings. The smallest absolute Gasteiger partial charge is 0.314 e. The maximum atomic E-state index is 5.04. The van der Waals surface area contributed by atoms with E-state index in [0.29, 0.717) is 12.0 Å². The number of nitrogens with zero attached hydrogens (tertiary/aromatic N) is 1. The second-order valence-electron chi connectivity index (χ2n) is 3.34. The molecule has 0 bridgehead atoms. The zero-order valence-electron chi connectivity index (χ0n) is 7.75. The van der Waals surface area contributed by atoms with Crippen LogP contribution in [-0.4, -0.2) is 24.9 Å². The Morgan fingerprint density at radius 3 is 3.38 bits per heavy atom. The van der Waals surface area contributed by atoms with Crippen molar-refractivity contribution in [3.63, 3.8) is 0 Å². The standard InChI is InChI=1S/C9H14N2O2/c1-12-9-7(6-11-13-9)5-8-3-2-4-10-8/h6,8,10H,2-5H2,1H3. The molecule has 72 valence electrons. The van der Waals surface area contributed by atoms with E-state index in [1.54, 1.807) is 13.3 Å². The van der Waals surface area contributed by atoms with Gasteiger partial charge in [-0.3, -0.25) is 0 Å². The molecule has 0 radical (unpaired) electrons. The first-order valence-electron chi connectivity index (χ1n) is 4.61. The predicted octanol–water partition coefficient (Wildman–Crippen LogP) is 0.978. The molecule has 13 heavy (non-hydrogen) atoms. The van der Waals surface area contributed by atoms with Crippen LogP contribution in [0.1, 0.15) is 18.4 Å². The van der Waals surface area contributed by atoms with Crippen LogP contribution in [0.4, 0.5) is 0 Å². The van der Waals surface area contributed by atoms with Gasteiger partial charge >= 0.3 is 5.95 Å². The Bertz CT molecular complexity index is 266. The zero-order valence-corrected chi connectivity index (χ0v) is 7.75. The summed E-state index contributed by atoms with van der Waals surface area (Å²) in [7, 11) is 1.60. The van der Waals surface area contributed by atoms with E-state index >= 15 is 0 Å². The van der Waals surface area contributed by atoms with E-state index in [1.165, 1.54) is 12.8 Å². The molecule has 0 spiro atoms. The SMILES string of the molecule is COc1oncc1CC1CCCN1. The van der Waals surface area contributed by atoms with Crippen LogP contribution in [0.2, 0.25) is 0 Å². The molecule has 1 atom stereocenters. The highest BCUT2D eigenvalue weighted by molar-refractivity contribution is 5.20. The Kier molecular flexibility index (Phi) is 2.49. The van der Waals surface area contributed by atoms with E-state index in [2.05, 4.69) is 10.5 Å². The third-order valence-electron chi connectivity index (χ3n) is 2.42. The summed E-state index contributed by atoms with van der Waals surface area (Å²) < 4.78 is 9.96. The fourth-order valence-corrected chi connectivity index (χ4v) is 1.75. The minimum atomic E-state index is 0.550. The van der Waals surface area contributed by atoms with Gasteiger partial charge in [0.1, 0.15) is 0 Å². The van der Waals surface area contributed by atoms with Crippen molar-refractivity contribution in [2.24, 2.45) is 0 Å². The normalized spacial score (nSPS) is 22.1. The quantitative estimate of drug-likeness (QED) is 0.757. The Morgan fingerprint density at radius 2 is 2.69 bits per heavy atom. The topological polar surface area (TPSA) is 47.3 Å². The summed E-state index contributed by atoms with van der Waals surface area (Å²) in [6.07, 6.45) is 5.18. The van der Waals surface area contributed by atoms with Crippen molar-refractivity contribution in [3.05, 3.63) is 11.8 Å². The first-order chi connectivity index (χ1) is 6.40. The summed E-state index contributed by atoms with van der Waals surface area (Å²) >= 11 is 0. The molecule has 1 aromatic heterocycles.